The van der Waals surface area contributed by atoms with Crippen molar-refractivity contribution in [3.63, 3.8) is 0 Å². The Morgan fingerprint density at radius 3 is 2.92 bits per heavy atom. The van der Waals surface area contributed by atoms with Gasteiger partial charge in [-0.05, 0) is 43.7 Å². The Bertz CT molecular complexity index is 281. The molecule has 0 atom stereocenters. The highest BCUT2D eigenvalue weighted by Crippen LogP contribution is 2.18. The molecule has 0 saturated heterocycles. The third-order valence-corrected chi connectivity index (χ3v) is 2.48. The molecule has 0 unspecified atom stereocenters. The number of rotatable bonds is 1. The summed E-state index contributed by atoms with van der Waals surface area (Å²) >= 11 is 0. The molecule has 1 aliphatic rings. The highest BCUT2D eigenvalue weighted by molar-refractivity contribution is 5.23. The van der Waals surface area contributed by atoms with Gasteiger partial charge in [-0.2, -0.15) is 10.2 Å². The van der Waals surface area contributed by atoms with Gasteiger partial charge in [-0.15, -0.1) is 0 Å². The lowest BCUT2D eigenvalue weighted by molar-refractivity contribution is 0.648. The first-order valence-corrected chi connectivity index (χ1v) is 4.74. The van der Waals surface area contributed by atoms with E-state index in [-0.39, 0.29) is 0 Å². The van der Waals surface area contributed by atoms with Gasteiger partial charge in [-0.25, -0.2) is 0 Å². The second kappa shape index (κ2) is 3.21. The van der Waals surface area contributed by atoms with Crippen LogP contribution in [0.2, 0.25) is 0 Å². The third kappa shape index (κ3) is 1.33. The van der Waals surface area contributed by atoms with Gasteiger partial charge in [-0.1, -0.05) is 6.92 Å². The molecular formula is C10H14N2. The Morgan fingerprint density at radius 1 is 1.25 bits per heavy atom. The molecule has 0 aromatic carbocycles. The largest absolute Gasteiger partial charge is 0.155 e. The van der Waals surface area contributed by atoms with Crippen LogP contribution >= 0.6 is 0 Å². The molecule has 0 bridgehead atoms. The molecule has 0 radical (unpaired) electrons. The Balaban J connectivity index is 2.36. The fourth-order valence-electron chi connectivity index (χ4n) is 1.71. The van der Waals surface area contributed by atoms with Crippen LogP contribution in [0.15, 0.2) is 6.07 Å². The van der Waals surface area contributed by atoms with E-state index in [1.54, 1.807) is 0 Å². The average Bonchev–Trinajstić information content (AvgIpc) is 2.17. The van der Waals surface area contributed by atoms with Crippen LogP contribution in [-0.4, -0.2) is 10.2 Å². The molecular weight excluding hydrogens is 148 g/mol. The first-order valence-electron chi connectivity index (χ1n) is 4.74. The lowest BCUT2D eigenvalue weighted by atomic mass is 9.96. The quantitative estimate of drug-likeness (QED) is 0.630. The molecule has 1 heterocycles. The Kier molecular flexibility index (Phi) is 2.07. The summed E-state index contributed by atoms with van der Waals surface area (Å²) in [6, 6.07) is 2.22. The minimum Gasteiger partial charge on any atom is -0.155 e. The summed E-state index contributed by atoms with van der Waals surface area (Å²) in [6.07, 6.45) is 5.94. The highest BCUT2D eigenvalue weighted by Gasteiger charge is 2.10. The summed E-state index contributed by atoms with van der Waals surface area (Å²) in [5.74, 6) is 0. The van der Waals surface area contributed by atoms with Crippen molar-refractivity contribution in [3.05, 3.63) is 23.0 Å². The van der Waals surface area contributed by atoms with Crippen molar-refractivity contribution in [1.29, 1.82) is 0 Å². The minimum atomic E-state index is 1.00. The first kappa shape index (κ1) is 7.71. The first-order chi connectivity index (χ1) is 5.90. The molecule has 0 spiro atoms. The van der Waals surface area contributed by atoms with Gasteiger partial charge >= 0.3 is 0 Å². The number of fused-ring (bicyclic) bond motifs is 1. The summed E-state index contributed by atoms with van der Waals surface area (Å²) in [5.41, 5.74) is 3.81. The van der Waals surface area contributed by atoms with E-state index in [1.807, 2.05) is 0 Å². The van der Waals surface area contributed by atoms with Gasteiger partial charge in [0.25, 0.3) is 0 Å². The molecule has 2 heteroatoms. The number of aryl methyl sites for hydroxylation is 3. The molecule has 2 nitrogen and oxygen atoms in total. The maximum absolute atomic E-state index is 4.24. The van der Waals surface area contributed by atoms with Crippen molar-refractivity contribution in [1.82, 2.24) is 10.2 Å². The molecule has 0 fully saturated rings. The van der Waals surface area contributed by atoms with E-state index >= 15 is 0 Å². The molecule has 64 valence electrons. The lowest BCUT2D eigenvalue weighted by Crippen LogP contribution is -2.08. The number of aromatic nitrogens is 2. The van der Waals surface area contributed by atoms with Crippen LogP contribution in [0.1, 0.15) is 36.7 Å². The number of hydrogen-bond donors (Lipinski definition) is 0. The van der Waals surface area contributed by atoms with E-state index in [0.29, 0.717) is 0 Å². The molecule has 1 aromatic heterocycles. The topological polar surface area (TPSA) is 25.8 Å². The van der Waals surface area contributed by atoms with Crippen molar-refractivity contribution in [2.75, 3.05) is 0 Å². The molecule has 2 rings (SSSR count). The van der Waals surface area contributed by atoms with Crippen LogP contribution < -0.4 is 0 Å². The van der Waals surface area contributed by atoms with E-state index in [1.165, 1.54) is 30.5 Å². The SMILES string of the molecule is CCc1cc2c(nn1)CCCC2. The predicted molar refractivity (Wildman–Crippen MR) is 48.1 cm³/mol. The van der Waals surface area contributed by atoms with Crippen LogP contribution in [0.3, 0.4) is 0 Å². The van der Waals surface area contributed by atoms with Gasteiger partial charge < -0.3 is 0 Å². The zero-order chi connectivity index (χ0) is 8.39. The number of nitrogens with zero attached hydrogens (tertiary/aromatic N) is 2. The molecule has 0 saturated carbocycles. The average molecular weight is 162 g/mol. The van der Waals surface area contributed by atoms with E-state index in [9.17, 15) is 0 Å². The van der Waals surface area contributed by atoms with Crippen LogP contribution in [0.25, 0.3) is 0 Å². The summed E-state index contributed by atoms with van der Waals surface area (Å²) in [7, 11) is 0. The molecule has 0 aliphatic heterocycles. The Labute approximate surface area is 73.0 Å². The van der Waals surface area contributed by atoms with E-state index < -0.39 is 0 Å². The van der Waals surface area contributed by atoms with Gasteiger partial charge in [0.05, 0.1) is 11.4 Å². The van der Waals surface area contributed by atoms with Gasteiger partial charge in [0, 0.05) is 0 Å². The third-order valence-electron chi connectivity index (χ3n) is 2.48. The Morgan fingerprint density at radius 2 is 2.08 bits per heavy atom. The summed E-state index contributed by atoms with van der Waals surface area (Å²) in [4.78, 5) is 0. The molecule has 0 amide bonds. The van der Waals surface area contributed by atoms with Crippen molar-refractivity contribution < 1.29 is 0 Å². The maximum atomic E-state index is 4.24. The standard InChI is InChI=1S/C10H14N2/c1-2-9-7-8-5-3-4-6-10(8)12-11-9/h7H,2-6H2,1H3. The fourth-order valence-corrected chi connectivity index (χ4v) is 1.71. The molecule has 0 N–H and O–H groups in total. The second-order valence-electron chi connectivity index (χ2n) is 3.37. The molecule has 1 aliphatic carbocycles. The summed E-state index contributed by atoms with van der Waals surface area (Å²) in [5, 5.41) is 8.40. The van der Waals surface area contributed by atoms with Gasteiger partial charge in [0.15, 0.2) is 0 Å². The van der Waals surface area contributed by atoms with Crippen molar-refractivity contribution in [3.8, 4) is 0 Å². The summed E-state index contributed by atoms with van der Waals surface area (Å²) < 4.78 is 0. The van der Waals surface area contributed by atoms with Crippen molar-refractivity contribution in [2.45, 2.75) is 39.0 Å². The monoisotopic (exact) mass is 162 g/mol. The van der Waals surface area contributed by atoms with E-state index in [4.69, 9.17) is 0 Å². The lowest BCUT2D eigenvalue weighted by Gasteiger charge is -2.13. The van der Waals surface area contributed by atoms with Gasteiger partial charge in [-0.3, -0.25) is 0 Å². The summed E-state index contributed by atoms with van der Waals surface area (Å²) in [6.45, 7) is 2.12. The van der Waals surface area contributed by atoms with Crippen molar-refractivity contribution >= 4 is 0 Å². The van der Waals surface area contributed by atoms with E-state index in [0.717, 1.165) is 18.5 Å². The predicted octanol–water partition coefficient (Wildman–Crippen LogP) is 1.92. The second-order valence-corrected chi connectivity index (χ2v) is 3.37. The van der Waals surface area contributed by atoms with Crippen LogP contribution in [-0.2, 0) is 19.3 Å². The van der Waals surface area contributed by atoms with Gasteiger partial charge in [0.2, 0.25) is 0 Å². The van der Waals surface area contributed by atoms with Crippen LogP contribution in [0, 0.1) is 0 Å². The normalized spacial score (nSPS) is 15.8. The van der Waals surface area contributed by atoms with E-state index in [2.05, 4.69) is 23.2 Å². The fraction of sp³-hybridized carbons (Fsp3) is 0.600. The molecule has 1 aromatic rings. The zero-order valence-electron chi connectivity index (χ0n) is 7.51. The van der Waals surface area contributed by atoms with Crippen LogP contribution in [0.4, 0.5) is 0 Å². The highest BCUT2D eigenvalue weighted by atomic mass is 15.1. The smallest absolute Gasteiger partial charge is 0.0663 e. The minimum absolute atomic E-state index is 1.00. The Hall–Kier alpha value is -0.920. The molecule has 12 heavy (non-hydrogen) atoms. The van der Waals surface area contributed by atoms with Crippen molar-refractivity contribution in [2.24, 2.45) is 0 Å². The maximum Gasteiger partial charge on any atom is 0.0663 e. The number of hydrogen-bond acceptors (Lipinski definition) is 2. The zero-order valence-corrected chi connectivity index (χ0v) is 7.51. The van der Waals surface area contributed by atoms with Gasteiger partial charge in [0.1, 0.15) is 0 Å². The van der Waals surface area contributed by atoms with Crippen LogP contribution in [0.5, 0.6) is 0 Å².